The number of rotatable bonds is 5. The van der Waals surface area contributed by atoms with Crippen molar-refractivity contribution in [1.82, 2.24) is 0 Å². The van der Waals surface area contributed by atoms with Crippen LogP contribution in [0.1, 0.15) is 97.3 Å². The van der Waals surface area contributed by atoms with Crippen molar-refractivity contribution in [2.24, 2.45) is 11.3 Å². The van der Waals surface area contributed by atoms with Crippen molar-refractivity contribution in [3.8, 4) is 0 Å². The fraction of sp³-hybridized carbons (Fsp3) is 0.833. The van der Waals surface area contributed by atoms with E-state index in [2.05, 4.69) is 12.2 Å². The van der Waals surface area contributed by atoms with Crippen LogP contribution in [0.4, 0.5) is 0 Å². The van der Waals surface area contributed by atoms with Gasteiger partial charge in [0, 0.05) is 0 Å². The second-order valence-electron chi connectivity index (χ2n) is 10.2. The standard InChI is InChI=1S/C24H40O3/c1-23(2,27)11-6-7-19-10-14-24(12-4-3-5-13-24)22(19)9-8-18-15-20(25)17-21(26)16-18/h8-9,19-21,25-27H,3-7,10-17H2,1-2H3/t19-,20+,21+/m0/s1. The Morgan fingerprint density at radius 3 is 2.30 bits per heavy atom. The minimum absolute atomic E-state index is 0.395. The topological polar surface area (TPSA) is 60.7 Å². The summed E-state index contributed by atoms with van der Waals surface area (Å²) in [4.78, 5) is 0. The minimum Gasteiger partial charge on any atom is -0.393 e. The molecule has 0 saturated heterocycles. The highest BCUT2D eigenvalue weighted by Gasteiger charge is 2.43. The minimum atomic E-state index is -0.568. The van der Waals surface area contributed by atoms with E-state index in [0.29, 0.717) is 30.6 Å². The zero-order valence-electron chi connectivity index (χ0n) is 17.4. The molecular weight excluding hydrogens is 336 g/mol. The van der Waals surface area contributed by atoms with Crippen LogP contribution < -0.4 is 0 Å². The van der Waals surface area contributed by atoms with Crippen LogP contribution in [0.2, 0.25) is 0 Å². The molecule has 1 spiro atoms. The fourth-order valence-electron chi connectivity index (χ4n) is 5.86. The maximum absolute atomic E-state index is 10.1. The molecule has 0 aromatic carbocycles. The first-order valence-electron chi connectivity index (χ1n) is 11.3. The lowest BCUT2D eigenvalue weighted by Gasteiger charge is -2.36. The van der Waals surface area contributed by atoms with Gasteiger partial charge in [-0.3, -0.25) is 0 Å². The second-order valence-corrected chi connectivity index (χ2v) is 10.2. The monoisotopic (exact) mass is 376 g/mol. The highest BCUT2D eigenvalue weighted by Crippen LogP contribution is 2.56. The molecule has 3 aliphatic carbocycles. The van der Waals surface area contributed by atoms with Crippen molar-refractivity contribution < 1.29 is 15.3 Å². The van der Waals surface area contributed by atoms with Crippen LogP contribution in [0.5, 0.6) is 0 Å². The van der Waals surface area contributed by atoms with Crippen molar-refractivity contribution in [2.45, 2.75) is 115 Å². The SMILES string of the molecule is CC(C)(O)CCC[C@H]1CCC2(CCCCC2)C1=CC=C1C[C@@H](O)C[C@H](O)C1. The van der Waals surface area contributed by atoms with Crippen LogP contribution in [-0.4, -0.2) is 33.1 Å². The van der Waals surface area contributed by atoms with E-state index in [9.17, 15) is 15.3 Å². The quantitative estimate of drug-likeness (QED) is 0.629. The van der Waals surface area contributed by atoms with Crippen LogP contribution in [-0.2, 0) is 0 Å². The zero-order valence-corrected chi connectivity index (χ0v) is 17.4. The Labute approximate surface area is 165 Å². The largest absolute Gasteiger partial charge is 0.393 e. The van der Waals surface area contributed by atoms with Gasteiger partial charge >= 0.3 is 0 Å². The molecule has 3 nitrogen and oxygen atoms in total. The van der Waals surface area contributed by atoms with Crippen LogP contribution >= 0.6 is 0 Å². The molecule has 154 valence electrons. The van der Waals surface area contributed by atoms with Gasteiger partial charge in [0.2, 0.25) is 0 Å². The molecule has 0 heterocycles. The normalized spacial score (nSPS) is 33.0. The number of aliphatic hydroxyl groups is 3. The highest BCUT2D eigenvalue weighted by atomic mass is 16.3. The van der Waals surface area contributed by atoms with Crippen LogP contribution in [0.3, 0.4) is 0 Å². The van der Waals surface area contributed by atoms with Gasteiger partial charge in [0.1, 0.15) is 0 Å². The van der Waals surface area contributed by atoms with Crippen LogP contribution in [0, 0.1) is 11.3 Å². The Morgan fingerprint density at radius 1 is 1.00 bits per heavy atom. The summed E-state index contributed by atoms with van der Waals surface area (Å²) in [5.74, 6) is 0.640. The molecule has 0 unspecified atom stereocenters. The molecule has 3 rings (SSSR count). The third-order valence-corrected chi connectivity index (χ3v) is 7.21. The summed E-state index contributed by atoms with van der Waals surface area (Å²) in [6, 6.07) is 0. The molecule has 0 aromatic rings. The molecule has 3 N–H and O–H groups in total. The molecule has 0 amide bonds. The lowest BCUT2D eigenvalue weighted by Crippen LogP contribution is -2.25. The average molecular weight is 377 g/mol. The lowest BCUT2D eigenvalue weighted by molar-refractivity contribution is 0.0609. The smallest absolute Gasteiger partial charge is 0.0602 e. The first-order chi connectivity index (χ1) is 12.8. The van der Waals surface area contributed by atoms with E-state index in [1.807, 2.05) is 13.8 Å². The summed E-state index contributed by atoms with van der Waals surface area (Å²) >= 11 is 0. The molecule has 0 aromatic heterocycles. The average Bonchev–Trinajstić information content (AvgIpc) is 2.89. The molecule has 3 atom stereocenters. The van der Waals surface area contributed by atoms with E-state index in [4.69, 9.17) is 0 Å². The van der Waals surface area contributed by atoms with Crippen molar-refractivity contribution in [3.63, 3.8) is 0 Å². The molecule has 0 aliphatic heterocycles. The summed E-state index contributed by atoms with van der Waals surface area (Å²) in [7, 11) is 0. The molecule has 0 radical (unpaired) electrons. The van der Waals surface area contributed by atoms with E-state index in [1.54, 1.807) is 5.57 Å². The Hall–Kier alpha value is -0.640. The summed E-state index contributed by atoms with van der Waals surface area (Å²) in [6.07, 6.45) is 18.2. The van der Waals surface area contributed by atoms with Gasteiger partial charge in [-0.2, -0.15) is 0 Å². The van der Waals surface area contributed by atoms with Gasteiger partial charge in [-0.25, -0.2) is 0 Å². The van der Waals surface area contributed by atoms with Gasteiger partial charge in [-0.1, -0.05) is 49.0 Å². The van der Waals surface area contributed by atoms with E-state index in [0.717, 1.165) is 12.8 Å². The van der Waals surface area contributed by atoms with Crippen molar-refractivity contribution in [2.75, 3.05) is 0 Å². The second kappa shape index (κ2) is 8.80. The van der Waals surface area contributed by atoms with Gasteiger partial charge in [-0.15, -0.1) is 0 Å². The number of hydrogen-bond acceptors (Lipinski definition) is 3. The van der Waals surface area contributed by atoms with Crippen molar-refractivity contribution in [3.05, 3.63) is 23.3 Å². The lowest BCUT2D eigenvalue weighted by atomic mass is 9.69. The molecule has 3 fully saturated rings. The number of allylic oxidation sites excluding steroid dienone is 3. The summed E-state index contributed by atoms with van der Waals surface area (Å²) in [5.41, 5.74) is 2.67. The molecule has 0 bridgehead atoms. The van der Waals surface area contributed by atoms with E-state index in [-0.39, 0.29) is 0 Å². The van der Waals surface area contributed by atoms with Gasteiger partial charge < -0.3 is 15.3 Å². The fourth-order valence-corrected chi connectivity index (χ4v) is 5.86. The Kier molecular flexibility index (Phi) is 6.87. The van der Waals surface area contributed by atoms with Gasteiger partial charge in [0.05, 0.1) is 17.8 Å². The number of aliphatic hydroxyl groups excluding tert-OH is 2. The summed E-state index contributed by atoms with van der Waals surface area (Å²) in [5, 5.41) is 30.0. The Morgan fingerprint density at radius 2 is 1.67 bits per heavy atom. The molecule has 3 aliphatic rings. The first kappa shape index (κ1) is 21.1. The molecule has 3 saturated carbocycles. The Balaban J connectivity index is 1.75. The predicted molar refractivity (Wildman–Crippen MR) is 110 cm³/mol. The third kappa shape index (κ3) is 5.68. The maximum Gasteiger partial charge on any atom is 0.0602 e. The molecular formula is C24H40O3. The first-order valence-corrected chi connectivity index (χ1v) is 11.3. The molecule has 27 heavy (non-hydrogen) atoms. The zero-order chi connectivity index (χ0) is 19.5. The van der Waals surface area contributed by atoms with Gasteiger partial charge in [-0.05, 0) is 83.0 Å². The van der Waals surface area contributed by atoms with Crippen LogP contribution in [0.25, 0.3) is 0 Å². The Bertz CT molecular complexity index is 536. The molecule has 3 heteroatoms. The van der Waals surface area contributed by atoms with E-state index < -0.39 is 17.8 Å². The summed E-state index contributed by atoms with van der Waals surface area (Å²) in [6.45, 7) is 3.82. The van der Waals surface area contributed by atoms with Crippen molar-refractivity contribution >= 4 is 0 Å². The summed E-state index contributed by atoms with van der Waals surface area (Å²) < 4.78 is 0. The van der Waals surface area contributed by atoms with E-state index in [1.165, 1.54) is 56.9 Å². The van der Waals surface area contributed by atoms with Gasteiger partial charge in [0.25, 0.3) is 0 Å². The third-order valence-electron chi connectivity index (χ3n) is 7.21. The highest BCUT2D eigenvalue weighted by molar-refractivity contribution is 5.30. The predicted octanol–water partition coefficient (Wildman–Crippen LogP) is 5.05. The van der Waals surface area contributed by atoms with Gasteiger partial charge in [0.15, 0.2) is 0 Å². The van der Waals surface area contributed by atoms with Crippen molar-refractivity contribution in [1.29, 1.82) is 0 Å². The maximum atomic E-state index is 10.1. The van der Waals surface area contributed by atoms with Crippen LogP contribution in [0.15, 0.2) is 23.3 Å². The van der Waals surface area contributed by atoms with E-state index >= 15 is 0 Å². The number of hydrogen-bond donors (Lipinski definition) is 3.